The van der Waals surface area contributed by atoms with E-state index in [4.69, 9.17) is 4.74 Å². The number of aliphatic carboxylic acids is 1. The molecule has 0 aliphatic carbocycles. The summed E-state index contributed by atoms with van der Waals surface area (Å²) in [6, 6.07) is 4.56. The standard InChI is InChI=1S/C12H14N2O5/c1-8-2-3-9(6-10(8)14(17)18)13-12(11(15)16)4-5-19-7-12/h2-3,6,13H,4-5,7H2,1H3,(H,15,16). The number of ether oxygens (including phenoxy) is 1. The second kappa shape index (κ2) is 4.85. The Kier molecular flexibility index (Phi) is 3.39. The SMILES string of the molecule is Cc1ccc(NC2(C(=O)O)CCOC2)cc1[N+](=O)[O-]. The molecule has 0 amide bonds. The third-order valence-electron chi connectivity index (χ3n) is 3.22. The van der Waals surface area contributed by atoms with Gasteiger partial charge in [-0.2, -0.15) is 0 Å². The van der Waals surface area contributed by atoms with Crippen LogP contribution in [0.3, 0.4) is 0 Å². The van der Waals surface area contributed by atoms with Crippen molar-refractivity contribution in [1.82, 2.24) is 0 Å². The molecule has 0 spiro atoms. The first kappa shape index (κ1) is 13.3. The maximum atomic E-state index is 11.3. The molecule has 0 radical (unpaired) electrons. The van der Waals surface area contributed by atoms with Gasteiger partial charge >= 0.3 is 5.97 Å². The Morgan fingerprint density at radius 1 is 1.58 bits per heavy atom. The molecule has 2 rings (SSSR count). The summed E-state index contributed by atoms with van der Waals surface area (Å²) in [5, 5.41) is 23.0. The summed E-state index contributed by atoms with van der Waals surface area (Å²) in [5.41, 5.74) is -0.305. The van der Waals surface area contributed by atoms with Gasteiger partial charge in [0.25, 0.3) is 5.69 Å². The molecule has 7 heteroatoms. The molecule has 1 heterocycles. The average Bonchev–Trinajstić information content (AvgIpc) is 2.81. The average molecular weight is 266 g/mol. The predicted octanol–water partition coefficient (Wildman–Crippen LogP) is 1.56. The van der Waals surface area contributed by atoms with Crippen LogP contribution in [0.5, 0.6) is 0 Å². The Morgan fingerprint density at radius 2 is 2.32 bits per heavy atom. The summed E-state index contributed by atoms with van der Waals surface area (Å²) in [6.07, 6.45) is 0.323. The number of rotatable bonds is 4. The molecule has 0 bridgehead atoms. The number of anilines is 1. The van der Waals surface area contributed by atoms with Crippen LogP contribution in [0, 0.1) is 17.0 Å². The van der Waals surface area contributed by atoms with Gasteiger partial charge in [-0.1, -0.05) is 6.07 Å². The lowest BCUT2D eigenvalue weighted by Crippen LogP contribution is -2.47. The molecule has 1 aliphatic rings. The molecule has 19 heavy (non-hydrogen) atoms. The molecule has 1 atom stereocenters. The van der Waals surface area contributed by atoms with Crippen LogP contribution in [-0.2, 0) is 9.53 Å². The summed E-state index contributed by atoms with van der Waals surface area (Å²) >= 11 is 0. The Morgan fingerprint density at radius 3 is 2.84 bits per heavy atom. The number of nitro groups is 1. The number of carboxylic acids is 1. The summed E-state index contributed by atoms with van der Waals surface area (Å²) < 4.78 is 5.12. The van der Waals surface area contributed by atoms with Gasteiger partial charge < -0.3 is 15.2 Å². The summed E-state index contributed by atoms with van der Waals surface area (Å²) in [4.78, 5) is 21.7. The van der Waals surface area contributed by atoms with Gasteiger partial charge in [0.05, 0.1) is 11.5 Å². The van der Waals surface area contributed by atoms with Gasteiger partial charge in [0.15, 0.2) is 5.54 Å². The molecule has 1 aliphatic heterocycles. The molecular formula is C12H14N2O5. The van der Waals surface area contributed by atoms with E-state index >= 15 is 0 Å². The van der Waals surface area contributed by atoms with Gasteiger partial charge in [-0.3, -0.25) is 10.1 Å². The van der Waals surface area contributed by atoms with E-state index in [-0.39, 0.29) is 12.3 Å². The van der Waals surface area contributed by atoms with Crippen LogP contribution in [0.1, 0.15) is 12.0 Å². The molecule has 102 valence electrons. The van der Waals surface area contributed by atoms with E-state index in [1.54, 1.807) is 19.1 Å². The van der Waals surface area contributed by atoms with Crippen molar-refractivity contribution < 1.29 is 19.6 Å². The van der Waals surface area contributed by atoms with E-state index < -0.39 is 16.4 Å². The van der Waals surface area contributed by atoms with Crippen molar-refractivity contribution in [1.29, 1.82) is 0 Å². The van der Waals surface area contributed by atoms with Crippen molar-refractivity contribution in [3.63, 3.8) is 0 Å². The quantitative estimate of drug-likeness (QED) is 0.633. The van der Waals surface area contributed by atoms with Crippen molar-refractivity contribution in [2.75, 3.05) is 18.5 Å². The predicted molar refractivity (Wildman–Crippen MR) is 67.3 cm³/mol. The molecule has 7 nitrogen and oxygen atoms in total. The maximum Gasteiger partial charge on any atom is 0.331 e. The van der Waals surface area contributed by atoms with Crippen molar-refractivity contribution in [2.24, 2.45) is 0 Å². The van der Waals surface area contributed by atoms with Crippen LogP contribution < -0.4 is 5.32 Å². The summed E-state index contributed by atoms with van der Waals surface area (Å²) in [7, 11) is 0. The van der Waals surface area contributed by atoms with Gasteiger partial charge in [-0.15, -0.1) is 0 Å². The van der Waals surface area contributed by atoms with Crippen molar-refractivity contribution in [2.45, 2.75) is 18.9 Å². The number of nitrogens with zero attached hydrogens (tertiary/aromatic N) is 1. The third-order valence-corrected chi connectivity index (χ3v) is 3.22. The minimum atomic E-state index is -1.21. The summed E-state index contributed by atoms with van der Waals surface area (Å²) in [5.74, 6) is -1.02. The van der Waals surface area contributed by atoms with Gasteiger partial charge in [-0.05, 0) is 13.0 Å². The highest BCUT2D eigenvalue weighted by Gasteiger charge is 2.42. The fourth-order valence-corrected chi connectivity index (χ4v) is 2.05. The lowest BCUT2D eigenvalue weighted by atomic mass is 9.98. The molecule has 0 saturated carbocycles. The molecule has 1 saturated heterocycles. The molecule has 1 fully saturated rings. The molecule has 0 aromatic heterocycles. The zero-order valence-electron chi connectivity index (χ0n) is 10.4. The highest BCUT2D eigenvalue weighted by molar-refractivity contribution is 5.83. The van der Waals surface area contributed by atoms with E-state index in [2.05, 4.69) is 5.32 Å². The van der Waals surface area contributed by atoms with E-state index in [1.165, 1.54) is 6.07 Å². The van der Waals surface area contributed by atoms with Crippen molar-refractivity contribution in [3.05, 3.63) is 33.9 Å². The minimum Gasteiger partial charge on any atom is -0.479 e. The van der Waals surface area contributed by atoms with Crippen molar-refractivity contribution in [3.8, 4) is 0 Å². The van der Waals surface area contributed by atoms with Crippen LogP contribution in [0.2, 0.25) is 0 Å². The largest absolute Gasteiger partial charge is 0.479 e. The van der Waals surface area contributed by atoms with Gasteiger partial charge in [0.2, 0.25) is 0 Å². The topological polar surface area (TPSA) is 102 Å². The fourth-order valence-electron chi connectivity index (χ4n) is 2.05. The second-order valence-corrected chi connectivity index (χ2v) is 4.57. The number of hydrogen-bond acceptors (Lipinski definition) is 5. The van der Waals surface area contributed by atoms with Crippen LogP contribution in [-0.4, -0.2) is 34.8 Å². The molecule has 1 unspecified atom stereocenters. The van der Waals surface area contributed by atoms with E-state index in [0.717, 1.165) is 0 Å². The first-order valence-corrected chi connectivity index (χ1v) is 5.79. The lowest BCUT2D eigenvalue weighted by Gasteiger charge is -2.25. The zero-order valence-corrected chi connectivity index (χ0v) is 10.4. The summed E-state index contributed by atoms with van der Waals surface area (Å²) in [6.45, 7) is 2.03. The highest BCUT2D eigenvalue weighted by atomic mass is 16.6. The van der Waals surface area contributed by atoms with E-state index in [0.29, 0.717) is 24.3 Å². The Labute approximate surface area is 109 Å². The fraction of sp³-hybridized carbons (Fsp3) is 0.417. The highest BCUT2D eigenvalue weighted by Crippen LogP contribution is 2.28. The molecule has 2 N–H and O–H groups in total. The number of nitrogens with one attached hydrogen (secondary N) is 1. The van der Waals surface area contributed by atoms with Crippen LogP contribution >= 0.6 is 0 Å². The van der Waals surface area contributed by atoms with E-state index in [9.17, 15) is 20.0 Å². The first-order chi connectivity index (χ1) is 8.94. The minimum absolute atomic E-state index is 0.0375. The molecule has 1 aromatic carbocycles. The second-order valence-electron chi connectivity index (χ2n) is 4.57. The smallest absolute Gasteiger partial charge is 0.331 e. The normalized spacial score (nSPS) is 22.2. The van der Waals surface area contributed by atoms with Crippen molar-refractivity contribution >= 4 is 17.3 Å². The third kappa shape index (κ3) is 2.50. The maximum absolute atomic E-state index is 11.3. The number of carbonyl (C=O) groups is 1. The number of hydrogen-bond donors (Lipinski definition) is 2. The number of carboxylic acid groups (broad SMARTS) is 1. The molecule has 1 aromatic rings. The van der Waals surface area contributed by atoms with Crippen LogP contribution in [0.25, 0.3) is 0 Å². The van der Waals surface area contributed by atoms with Gasteiger partial charge in [-0.25, -0.2) is 4.79 Å². The number of benzene rings is 1. The van der Waals surface area contributed by atoms with Gasteiger partial charge in [0, 0.05) is 30.3 Å². The van der Waals surface area contributed by atoms with Gasteiger partial charge in [0.1, 0.15) is 0 Å². The monoisotopic (exact) mass is 266 g/mol. The molecular weight excluding hydrogens is 252 g/mol. The lowest BCUT2D eigenvalue weighted by molar-refractivity contribution is -0.385. The zero-order chi connectivity index (χ0) is 14.0. The van der Waals surface area contributed by atoms with Crippen LogP contribution in [0.15, 0.2) is 18.2 Å². The Balaban J connectivity index is 2.30. The first-order valence-electron chi connectivity index (χ1n) is 5.79. The Bertz CT molecular complexity index is 523. The van der Waals surface area contributed by atoms with Crippen LogP contribution in [0.4, 0.5) is 11.4 Å². The van der Waals surface area contributed by atoms with E-state index in [1.807, 2.05) is 0 Å². The Hall–Kier alpha value is -2.15. The number of aryl methyl sites for hydroxylation is 1. The number of nitro benzene ring substituents is 1.